The molecule has 0 radical (unpaired) electrons. The summed E-state index contributed by atoms with van der Waals surface area (Å²) in [5.74, 6) is 1.53. The maximum Gasteiger partial charge on any atom is 0.248 e. The molecule has 0 unspecified atom stereocenters. The van der Waals surface area contributed by atoms with E-state index < -0.39 is 0 Å². The van der Waals surface area contributed by atoms with Crippen LogP contribution in [0.15, 0.2) is 65.1 Å². The van der Waals surface area contributed by atoms with Crippen molar-refractivity contribution in [2.24, 2.45) is 0 Å². The number of benzene rings is 3. The number of nitrogens with one attached hydrogen (secondary N) is 1. The number of hydrogen-bond acceptors (Lipinski definition) is 4. The summed E-state index contributed by atoms with van der Waals surface area (Å²) >= 11 is 12.6. The van der Waals surface area contributed by atoms with E-state index in [9.17, 15) is 0 Å². The molecule has 29 heavy (non-hydrogen) atoms. The Morgan fingerprint density at radius 3 is 2.24 bits per heavy atom. The van der Waals surface area contributed by atoms with E-state index in [0.29, 0.717) is 33.2 Å². The third kappa shape index (κ3) is 3.28. The molecule has 142 valence electrons. The van der Waals surface area contributed by atoms with E-state index in [0.717, 1.165) is 27.7 Å². The van der Waals surface area contributed by atoms with Gasteiger partial charge >= 0.3 is 0 Å². The quantitative estimate of drug-likeness (QED) is 0.358. The standard InChI is InChI=1S/C22H14Cl2N4O/c1-12-4-2-5-13(10-12)21-27-28-22(29-21)14-8-9-17-18(11-14)26-20(25-17)19-15(23)6-3-7-16(19)24/h2-11H,1H3,(H,25,26). The van der Waals surface area contributed by atoms with Gasteiger partial charge < -0.3 is 9.40 Å². The van der Waals surface area contributed by atoms with Gasteiger partial charge in [-0.25, -0.2) is 4.98 Å². The number of nitrogens with zero attached hydrogens (tertiary/aromatic N) is 3. The number of rotatable bonds is 3. The average molecular weight is 421 g/mol. The number of fused-ring (bicyclic) bond motifs is 1. The van der Waals surface area contributed by atoms with Crippen LogP contribution in [-0.4, -0.2) is 20.2 Å². The molecule has 2 aromatic heterocycles. The van der Waals surface area contributed by atoms with Crippen molar-refractivity contribution >= 4 is 34.2 Å². The molecular formula is C22H14Cl2N4O. The summed E-state index contributed by atoms with van der Waals surface area (Å²) in [4.78, 5) is 7.89. The summed E-state index contributed by atoms with van der Waals surface area (Å²) in [5.41, 5.74) is 5.10. The molecule has 0 aliphatic heterocycles. The van der Waals surface area contributed by atoms with Crippen molar-refractivity contribution < 1.29 is 4.42 Å². The Bertz CT molecular complexity index is 1340. The monoisotopic (exact) mass is 420 g/mol. The second kappa shape index (κ2) is 7.03. The first-order valence-electron chi connectivity index (χ1n) is 8.93. The Morgan fingerprint density at radius 1 is 0.828 bits per heavy atom. The molecule has 5 aromatic rings. The highest BCUT2D eigenvalue weighted by Gasteiger charge is 2.15. The van der Waals surface area contributed by atoms with Crippen molar-refractivity contribution in [3.8, 4) is 34.3 Å². The molecule has 0 bridgehead atoms. The van der Waals surface area contributed by atoms with Crippen LogP contribution in [0.5, 0.6) is 0 Å². The number of halogens is 2. The van der Waals surface area contributed by atoms with Crippen LogP contribution in [0.25, 0.3) is 45.3 Å². The second-order valence-corrected chi connectivity index (χ2v) is 7.51. The smallest absolute Gasteiger partial charge is 0.248 e. The zero-order valence-corrected chi connectivity index (χ0v) is 16.8. The lowest BCUT2D eigenvalue weighted by atomic mass is 10.1. The summed E-state index contributed by atoms with van der Waals surface area (Å²) in [6, 6.07) is 19.0. The van der Waals surface area contributed by atoms with Crippen molar-refractivity contribution in [2.75, 3.05) is 0 Å². The number of H-pyrrole nitrogens is 1. The van der Waals surface area contributed by atoms with Crippen LogP contribution in [0.3, 0.4) is 0 Å². The Balaban J connectivity index is 1.54. The minimum Gasteiger partial charge on any atom is -0.416 e. The van der Waals surface area contributed by atoms with Crippen LogP contribution in [0.4, 0.5) is 0 Å². The first-order chi connectivity index (χ1) is 14.1. The average Bonchev–Trinajstić information content (AvgIpc) is 3.34. The van der Waals surface area contributed by atoms with E-state index in [-0.39, 0.29) is 0 Å². The number of imidazole rings is 1. The van der Waals surface area contributed by atoms with E-state index in [2.05, 4.69) is 20.2 Å². The Morgan fingerprint density at radius 2 is 1.52 bits per heavy atom. The topological polar surface area (TPSA) is 67.6 Å². The first kappa shape index (κ1) is 17.9. The van der Waals surface area contributed by atoms with Gasteiger partial charge in [-0.05, 0) is 49.4 Å². The lowest BCUT2D eigenvalue weighted by molar-refractivity contribution is 0.584. The second-order valence-electron chi connectivity index (χ2n) is 6.70. The predicted octanol–water partition coefficient (Wildman–Crippen LogP) is 6.56. The molecule has 0 amide bonds. The van der Waals surface area contributed by atoms with Gasteiger partial charge in [0.1, 0.15) is 5.82 Å². The largest absolute Gasteiger partial charge is 0.416 e. The van der Waals surface area contributed by atoms with Crippen LogP contribution in [0, 0.1) is 6.92 Å². The summed E-state index contributed by atoms with van der Waals surface area (Å²) in [5, 5.41) is 9.46. The number of hydrogen-bond donors (Lipinski definition) is 1. The number of aromatic amines is 1. The van der Waals surface area contributed by atoms with Gasteiger partial charge in [0.05, 0.1) is 26.6 Å². The number of aryl methyl sites for hydroxylation is 1. The van der Waals surface area contributed by atoms with Gasteiger partial charge in [-0.1, -0.05) is 47.0 Å². The Labute approximate surface area is 176 Å². The van der Waals surface area contributed by atoms with E-state index in [4.69, 9.17) is 27.6 Å². The highest BCUT2D eigenvalue weighted by atomic mass is 35.5. The fourth-order valence-electron chi connectivity index (χ4n) is 3.22. The number of aromatic nitrogens is 4. The summed E-state index contributed by atoms with van der Waals surface area (Å²) in [7, 11) is 0. The molecule has 3 aromatic carbocycles. The van der Waals surface area contributed by atoms with E-state index in [1.54, 1.807) is 18.2 Å². The zero-order chi connectivity index (χ0) is 20.0. The van der Waals surface area contributed by atoms with Gasteiger partial charge in [-0.2, -0.15) is 0 Å². The lowest BCUT2D eigenvalue weighted by Crippen LogP contribution is -1.83. The van der Waals surface area contributed by atoms with Gasteiger partial charge in [-0.3, -0.25) is 0 Å². The first-order valence-corrected chi connectivity index (χ1v) is 9.69. The van der Waals surface area contributed by atoms with Crippen LogP contribution >= 0.6 is 23.2 Å². The van der Waals surface area contributed by atoms with Crippen LogP contribution in [0.2, 0.25) is 10.0 Å². The van der Waals surface area contributed by atoms with E-state index in [1.165, 1.54) is 0 Å². The molecule has 0 spiro atoms. The minimum atomic E-state index is 0.440. The van der Waals surface area contributed by atoms with Gasteiger partial charge in [-0.15, -0.1) is 10.2 Å². The molecule has 0 saturated carbocycles. The van der Waals surface area contributed by atoms with Crippen molar-refractivity contribution in [1.29, 1.82) is 0 Å². The predicted molar refractivity (Wildman–Crippen MR) is 115 cm³/mol. The van der Waals surface area contributed by atoms with Gasteiger partial charge in [0.15, 0.2) is 0 Å². The molecule has 5 rings (SSSR count). The molecule has 0 aliphatic carbocycles. The minimum absolute atomic E-state index is 0.440. The van der Waals surface area contributed by atoms with E-state index >= 15 is 0 Å². The van der Waals surface area contributed by atoms with Gasteiger partial charge in [0.2, 0.25) is 11.8 Å². The highest BCUT2D eigenvalue weighted by Crippen LogP contribution is 2.34. The third-order valence-electron chi connectivity index (χ3n) is 4.62. The maximum atomic E-state index is 6.31. The molecule has 0 saturated heterocycles. The molecular weight excluding hydrogens is 407 g/mol. The molecule has 2 heterocycles. The Hall–Kier alpha value is -3.15. The molecule has 0 fully saturated rings. The summed E-state index contributed by atoms with van der Waals surface area (Å²) in [6.45, 7) is 2.02. The van der Waals surface area contributed by atoms with Crippen LogP contribution < -0.4 is 0 Å². The van der Waals surface area contributed by atoms with Gasteiger partial charge in [0, 0.05) is 11.1 Å². The summed E-state index contributed by atoms with van der Waals surface area (Å²) < 4.78 is 5.89. The van der Waals surface area contributed by atoms with Gasteiger partial charge in [0.25, 0.3) is 0 Å². The zero-order valence-electron chi connectivity index (χ0n) is 15.3. The summed E-state index contributed by atoms with van der Waals surface area (Å²) in [6.07, 6.45) is 0. The lowest BCUT2D eigenvalue weighted by Gasteiger charge is -2.02. The fraction of sp³-hybridized carbons (Fsp3) is 0.0455. The van der Waals surface area contributed by atoms with Crippen LogP contribution in [0.1, 0.15) is 5.56 Å². The molecule has 5 nitrogen and oxygen atoms in total. The van der Waals surface area contributed by atoms with Crippen molar-refractivity contribution in [3.63, 3.8) is 0 Å². The third-order valence-corrected chi connectivity index (χ3v) is 5.25. The Kier molecular flexibility index (Phi) is 4.34. The SMILES string of the molecule is Cc1cccc(-c2nnc(-c3ccc4nc(-c5c(Cl)cccc5Cl)[nH]c4c3)o2)c1. The molecule has 0 atom stereocenters. The van der Waals surface area contributed by atoms with Crippen LogP contribution in [-0.2, 0) is 0 Å². The normalized spacial score (nSPS) is 11.3. The highest BCUT2D eigenvalue weighted by molar-refractivity contribution is 6.39. The van der Waals surface area contributed by atoms with Crippen molar-refractivity contribution in [2.45, 2.75) is 6.92 Å². The molecule has 7 heteroatoms. The van der Waals surface area contributed by atoms with Crippen molar-refractivity contribution in [1.82, 2.24) is 20.2 Å². The van der Waals surface area contributed by atoms with Crippen molar-refractivity contribution in [3.05, 3.63) is 76.3 Å². The molecule has 1 N–H and O–H groups in total. The van der Waals surface area contributed by atoms with E-state index in [1.807, 2.05) is 49.4 Å². The molecule has 0 aliphatic rings. The maximum absolute atomic E-state index is 6.31. The fourth-order valence-corrected chi connectivity index (χ4v) is 3.80.